The maximum atomic E-state index is 12.5. The molecule has 0 saturated heterocycles. The molecule has 8 heteroatoms. The zero-order valence-electron chi connectivity index (χ0n) is 17.2. The number of aryl methyl sites for hydroxylation is 1. The third-order valence-electron chi connectivity index (χ3n) is 4.28. The number of hydrogen-bond donors (Lipinski definition) is 0. The average Bonchev–Trinajstić information content (AvgIpc) is 3.19. The molecule has 0 aliphatic carbocycles. The predicted octanol–water partition coefficient (Wildman–Crippen LogP) is 4.51. The van der Waals surface area contributed by atoms with Crippen molar-refractivity contribution in [2.24, 2.45) is 0 Å². The van der Waals surface area contributed by atoms with Gasteiger partial charge in [-0.1, -0.05) is 18.2 Å². The summed E-state index contributed by atoms with van der Waals surface area (Å²) in [7, 11) is 2.96. The summed E-state index contributed by atoms with van der Waals surface area (Å²) in [6.07, 6.45) is 0. The average molecular weight is 426 g/mol. The number of carbonyl (C=O) groups excluding carboxylic acids is 2. The van der Waals surface area contributed by atoms with Crippen molar-refractivity contribution in [3.05, 3.63) is 64.7 Å². The van der Waals surface area contributed by atoms with Crippen LogP contribution in [0.1, 0.15) is 28.5 Å². The lowest BCUT2D eigenvalue weighted by Crippen LogP contribution is -2.22. The maximum Gasteiger partial charge on any atom is 0.342 e. The van der Waals surface area contributed by atoms with E-state index in [1.807, 2.05) is 31.2 Å². The van der Waals surface area contributed by atoms with Crippen LogP contribution in [0.2, 0.25) is 0 Å². The van der Waals surface area contributed by atoms with E-state index in [4.69, 9.17) is 14.2 Å². The van der Waals surface area contributed by atoms with Crippen molar-refractivity contribution in [1.29, 1.82) is 0 Å². The number of anilines is 2. The van der Waals surface area contributed by atoms with E-state index in [-0.39, 0.29) is 18.1 Å². The number of para-hydroxylation sites is 1. The number of benzene rings is 2. The Morgan fingerprint density at radius 3 is 2.53 bits per heavy atom. The summed E-state index contributed by atoms with van der Waals surface area (Å²) in [4.78, 5) is 30.8. The number of hydrogen-bond acceptors (Lipinski definition) is 7. The van der Waals surface area contributed by atoms with E-state index in [1.54, 1.807) is 23.6 Å². The molecule has 1 amide bonds. The molecule has 0 unspecified atom stereocenters. The molecule has 0 atom stereocenters. The van der Waals surface area contributed by atoms with E-state index in [0.29, 0.717) is 22.3 Å². The van der Waals surface area contributed by atoms with E-state index in [9.17, 15) is 9.59 Å². The molecule has 0 fully saturated rings. The quantitative estimate of drug-likeness (QED) is 0.517. The molecule has 0 N–H and O–H groups in total. The third kappa shape index (κ3) is 4.60. The monoisotopic (exact) mass is 426 g/mol. The summed E-state index contributed by atoms with van der Waals surface area (Å²) in [5.41, 5.74) is 2.58. The molecule has 0 spiro atoms. The van der Waals surface area contributed by atoms with Crippen LogP contribution in [0.25, 0.3) is 0 Å². The molecule has 3 aromatic rings. The van der Waals surface area contributed by atoms with Gasteiger partial charge in [0.25, 0.3) is 0 Å². The van der Waals surface area contributed by atoms with E-state index in [0.717, 1.165) is 11.3 Å². The van der Waals surface area contributed by atoms with Gasteiger partial charge in [0.05, 0.1) is 25.6 Å². The van der Waals surface area contributed by atoms with E-state index < -0.39 is 5.97 Å². The Morgan fingerprint density at radius 2 is 1.87 bits per heavy atom. The Hall–Kier alpha value is -3.39. The van der Waals surface area contributed by atoms with Crippen LogP contribution in [0.5, 0.6) is 11.5 Å². The Labute approximate surface area is 178 Å². The molecule has 7 nitrogen and oxygen atoms in total. The summed E-state index contributed by atoms with van der Waals surface area (Å²) in [6.45, 7) is 3.41. The third-order valence-corrected chi connectivity index (χ3v) is 5.15. The molecule has 30 heavy (non-hydrogen) atoms. The van der Waals surface area contributed by atoms with E-state index >= 15 is 0 Å². The van der Waals surface area contributed by atoms with Crippen LogP contribution in [0.3, 0.4) is 0 Å². The molecule has 0 saturated carbocycles. The zero-order valence-corrected chi connectivity index (χ0v) is 18.0. The molecule has 2 aromatic carbocycles. The molecular weight excluding hydrogens is 404 g/mol. The van der Waals surface area contributed by atoms with Crippen LogP contribution in [-0.2, 0) is 16.1 Å². The minimum absolute atomic E-state index is 0.0325. The summed E-state index contributed by atoms with van der Waals surface area (Å²) >= 11 is 1.31. The number of carbonyl (C=O) groups is 2. The number of ether oxygens (including phenoxy) is 3. The minimum atomic E-state index is -0.553. The van der Waals surface area contributed by atoms with Crippen LogP contribution in [-0.4, -0.2) is 31.1 Å². The number of amides is 1. The van der Waals surface area contributed by atoms with Crippen molar-refractivity contribution >= 4 is 34.0 Å². The summed E-state index contributed by atoms with van der Waals surface area (Å²) < 4.78 is 15.9. The van der Waals surface area contributed by atoms with Gasteiger partial charge in [-0.05, 0) is 36.8 Å². The van der Waals surface area contributed by atoms with Crippen molar-refractivity contribution in [3.8, 4) is 11.5 Å². The largest absolute Gasteiger partial charge is 0.493 e. The molecule has 0 radical (unpaired) electrons. The van der Waals surface area contributed by atoms with E-state index in [2.05, 4.69) is 4.98 Å². The number of methoxy groups -OCH3 is 2. The Kier molecular flexibility index (Phi) is 6.68. The molecule has 1 heterocycles. The van der Waals surface area contributed by atoms with E-state index in [1.165, 1.54) is 37.4 Å². The van der Waals surface area contributed by atoms with Crippen LogP contribution in [0.4, 0.5) is 10.8 Å². The number of rotatable bonds is 7. The first-order chi connectivity index (χ1) is 14.4. The summed E-state index contributed by atoms with van der Waals surface area (Å²) in [5, 5.41) is 2.27. The lowest BCUT2D eigenvalue weighted by Gasteiger charge is -2.18. The van der Waals surface area contributed by atoms with Crippen LogP contribution >= 0.6 is 11.3 Å². The minimum Gasteiger partial charge on any atom is -0.493 e. The molecule has 0 aliphatic heterocycles. The molecule has 1 aromatic heterocycles. The van der Waals surface area contributed by atoms with Gasteiger partial charge >= 0.3 is 5.97 Å². The molecule has 156 valence electrons. The fourth-order valence-electron chi connectivity index (χ4n) is 2.92. The second-order valence-corrected chi connectivity index (χ2v) is 7.27. The lowest BCUT2D eigenvalue weighted by molar-refractivity contribution is -0.115. The van der Waals surface area contributed by atoms with Gasteiger partial charge in [-0.15, -0.1) is 11.3 Å². The number of aromatic nitrogens is 1. The predicted molar refractivity (Wildman–Crippen MR) is 115 cm³/mol. The smallest absolute Gasteiger partial charge is 0.342 e. The number of nitrogens with zero attached hydrogens (tertiary/aromatic N) is 2. The van der Waals surface area contributed by atoms with Gasteiger partial charge in [-0.25, -0.2) is 9.78 Å². The zero-order chi connectivity index (χ0) is 21.7. The normalized spacial score (nSPS) is 10.4. The standard InChI is InChI=1S/C22H22N2O5S/c1-14-7-5-8-17(11-14)24(15(2)25)22-23-16(13-30-22)12-29-21(26)18-9-6-10-19(27-3)20(18)28-4/h5-11,13H,12H2,1-4H3. The molecule has 0 aliphatic rings. The highest BCUT2D eigenvalue weighted by Crippen LogP contribution is 2.32. The van der Waals surface area contributed by atoms with Gasteiger partial charge in [-0.2, -0.15) is 0 Å². The number of esters is 1. The van der Waals surface area contributed by atoms with Crippen molar-refractivity contribution in [3.63, 3.8) is 0 Å². The second kappa shape index (κ2) is 9.41. The Bertz CT molecular complexity index is 1060. The van der Waals surface area contributed by atoms with Crippen LogP contribution in [0, 0.1) is 6.92 Å². The Morgan fingerprint density at radius 1 is 1.10 bits per heavy atom. The number of thiazole rings is 1. The van der Waals surface area contributed by atoms with Crippen molar-refractivity contribution in [1.82, 2.24) is 4.98 Å². The van der Waals surface area contributed by atoms with Crippen molar-refractivity contribution in [2.45, 2.75) is 20.5 Å². The first-order valence-electron chi connectivity index (χ1n) is 9.14. The van der Waals surface area contributed by atoms with Crippen LogP contribution in [0.15, 0.2) is 47.8 Å². The van der Waals surface area contributed by atoms with Crippen molar-refractivity contribution < 1.29 is 23.8 Å². The maximum absolute atomic E-state index is 12.5. The highest BCUT2D eigenvalue weighted by molar-refractivity contribution is 7.14. The van der Waals surface area contributed by atoms with Crippen LogP contribution < -0.4 is 14.4 Å². The van der Waals surface area contributed by atoms with Gasteiger partial charge < -0.3 is 14.2 Å². The van der Waals surface area contributed by atoms with Gasteiger partial charge in [0, 0.05) is 12.3 Å². The lowest BCUT2D eigenvalue weighted by atomic mass is 10.2. The topological polar surface area (TPSA) is 78.0 Å². The fraction of sp³-hybridized carbons (Fsp3) is 0.227. The van der Waals surface area contributed by atoms with Gasteiger partial charge in [0.1, 0.15) is 12.2 Å². The van der Waals surface area contributed by atoms with Gasteiger partial charge in [-0.3, -0.25) is 9.69 Å². The second-order valence-electron chi connectivity index (χ2n) is 6.43. The highest BCUT2D eigenvalue weighted by atomic mass is 32.1. The van der Waals surface area contributed by atoms with Gasteiger partial charge in [0.2, 0.25) is 5.91 Å². The van der Waals surface area contributed by atoms with Crippen molar-refractivity contribution in [2.75, 3.05) is 19.1 Å². The fourth-order valence-corrected chi connectivity index (χ4v) is 3.80. The summed E-state index contributed by atoms with van der Waals surface area (Å²) in [5.74, 6) is 0.0475. The SMILES string of the molecule is COc1cccc(C(=O)OCc2csc(N(C(C)=O)c3cccc(C)c3)n2)c1OC. The molecule has 3 rings (SSSR count). The first-order valence-corrected chi connectivity index (χ1v) is 10.0. The Balaban J connectivity index is 1.76. The highest BCUT2D eigenvalue weighted by Gasteiger charge is 2.20. The first kappa shape index (κ1) is 21.3. The molecule has 0 bridgehead atoms. The van der Waals surface area contributed by atoms with Gasteiger partial charge in [0.15, 0.2) is 16.6 Å². The summed E-state index contributed by atoms with van der Waals surface area (Å²) in [6, 6.07) is 12.6. The molecular formula is C22H22N2O5S.